The van der Waals surface area contributed by atoms with Gasteiger partial charge in [-0.2, -0.15) is 0 Å². The van der Waals surface area contributed by atoms with Gasteiger partial charge in [0.05, 0.1) is 10.9 Å². The fraction of sp³-hybridized carbons (Fsp3) is 0.250. The van der Waals surface area contributed by atoms with Gasteiger partial charge in [-0.15, -0.1) is 6.42 Å². The Labute approximate surface area is 115 Å². The van der Waals surface area contributed by atoms with E-state index in [0.29, 0.717) is 6.42 Å². The van der Waals surface area contributed by atoms with Gasteiger partial charge in [0.1, 0.15) is 5.82 Å². The van der Waals surface area contributed by atoms with Crippen LogP contribution in [0.25, 0.3) is 0 Å². The third kappa shape index (κ3) is 4.23. The Balaban J connectivity index is 3.12. The first-order valence-electron chi connectivity index (χ1n) is 5.30. The summed E-state index contributed by atoms with van der Waals surface area (Å²) in [6, 6.07) is 2.12. The summed E-state index contributed by atoms with van der Waals surface area (Å²) in [6.07, 6.45) is 5.68. The van der Waals surface area contributed by atoms with Gasteiger partial charge in [0, 0.05) is 16.2 Å². The van der Waals surface area contributed by atoms with Crippen molar-refractivity contribution in [1.29, 1.82) is 0 Å². The molecule has 0 aromatic heterocycles. The molecule has 4 nitrogen and oxygen atoms in total. The second-order valence-corrected chi connectivity index (χ2v) is 6.28. The molecule has 1 aromatic rings. The minimum absolute atomic E-state index is 0.159. The van der Waals surface area contributed by atoms with Gasteiger partial charge in [-0.25, -0.2) is 12.8 Å². The maximum absolute atomic E-state index is 13.3. The lowest BCUT2D eigenvalue weighted by molar-refractivity contribution is 0.0944. The van der Waals surface area contributed by atoms with Crippen molar-refractivity contribution in [2.45, 2.75) is 24.3 Å². The van der Waals surface area contributed by atoms with Crippen LogP contribution in [-0.2, 0) is 9.05 Å². The van der Waals surface area contributed by atoms with E-state index in [4.69, 9.17) is 17.1 Å². The molecule has 1 atom stereocenters. The van der Waals surface area contributed by atoms with E-state index in [2.05, 4.69) is 11.2 Å². The predicted octanol–water partition coefficient (Wildman–Crippen LogP) is 1.89. The molecule has 102 valence electrons. The van der Waals surface area contributed by atoms with Crippen molar-refractivity contribution in [1.82, 2.24) is 5.32 Å². The summed E-state index contributed by atoms with van der Waals surface area (Å²) in [4.78, 5) is 11.3. The van der Waals surface area contributed by atoms with E-state index in [0.717, 1.165) is 18.2 Å². The van der Waals surface area contributed by atoms with Crippen LogP contribution in [0.5, 0.6) is 0 Å². The van der Waals surface area contributed by atoms with Crippen molar-refractivity contribution >= 4 is 25.6 Å². The van der Waals surface area contributed by atoms with Crippen LogP contribution in [0.4, 0.5) is 4.39 Å². The summed E-state index contributed by atoms with van der Waals surface area (Å²) < 4.78 is 35.5. The predicted molar refractivity (Wildman–Crippen MR) is 69.8 cm³/mol. The van der Waals surface area contributed by atoms with Gasteiger partial charge in [-0.05, 0) is 24.6 Å². The molecule has 7 heteroatoms. The number of hydrogen-bond acceptors (Lipinski definition) is 3. The van der Waals surface area contributed by atoms with Crippen LogP contribution in [0.3, 0.4) is 0 Å². The van der Waals surface area contributed by atoms with E-state index in [1.165, 1.54) is 0 Å². The fourth-order valence-corrected chi connectivity index (χ4v) is 2.13. The van der Waals surface area contributed by atoms with Crippen molar-refractivity contribution < 1.29 is 17.6 Å². The van der Waals surface area contributed by atoms with Crippen LogP contribution in [-0.4, -0.2) is 20.4 Å². The Morgan fingerprint density at radius 1 is 1.53 bits per heavy atom. The number of rotatable bonds is 4. The second kappa shape index (κ2) is 6.04. The number of amides is 1. The highest BCUT2D eigenvalue weighted by Gasteiger charge is 2.17. The third-order valence-electron chi connectivity index (χ3n) is 2.33. The summed E-state index contributed by atoms with van der Waals surface area (Å²) in [5.74, 6) is 0.806. The molecule has 1 unspecified atom stereocenters. The van der Waals surface area contributed by atoms with Crippen molar-refractivity contribution in [2.75, 3.05) is 0 Å². The number of hydrogen-bond donors (Lipinski definition) is 1. The van der Waals surface area contributed by atoms with Gasteiger partial charge in [0.2, 0.25) is 0 Å². The van der Waals surface area contributed by atoms with E-state index in [-0.39, 0.29) is 5.56 Å². The average Bonchev–Trinajstić information content (AvgIpc) is 2.33. The van der Waals surface area contributed by atoms with E-state index >= 15 is 0 Å². The average molecular weight is 304 g/mol. The largest absolute Gasteiger partial charge is 0.338 e. The smallest absolute Gasteiger partial charge is 0.261 e. The molecular formula is C12H11ClFNO3S. The molecule has 0 bridgehead atoms. The van der Waals surface area contributed by atoms with Crippen molar-refractivity contribution in [3.63, 3.8) is 0 Å². The third-order valence-corrected chi connectivity index (χ3v) is 3.66. The molecule has 0 saturated heterocycles. The molecular weight excluding hydrogens is 293 g/mol. The molecule has 0 aliphatic heterocycles. The summed E-state index contributed by atoms with van der Waals surface area (Å²) in [5.41, 5.74) is -0.159. The first kappa shape index (κ1) is 15.5. The van der Waals surface area contributed by atoms with Crippen LogP contribution in [0.1, 0.15) is 23.7 Å². The first-order valence-corrected chi connectivity index (χ1v) is 7.61. The van der Waals surface area contributed by atoms with E-state index in [9.17, 15) is 17.6 Å². The first-order chi connectivity index (χ1) is 8.77. The van der Waals surface area contributed by atoms with Gasteiger partial charge in [0.15, 0.2) is 0 Å². The summed E-state index contributed by atoms with van der Waals surface area (Å²) in [5, 5.41) is 2.46. The second-order valence-electron chi connectivity index (χ2n) is 3.71. The van der Waals surface area contributed by atoms with Gasteiger partial charge >= 0.3 is 0 Å². The summed E-state index contributed by atoms with van der Waals surface area (Å²) in [7, 11) is 1.000. The zero-order chi connectivity index (χ0) is 14.6. The summed E-state index contributed by atoms with van der Waals surface area (Å²) in [6.45, 7) is 1.77. The van der Waals surface area contributed by atoms with Crippen LogP contribution < -0.4 is 5.32 Å². The van der Waals surface area contributed by atoms with Crippen LogP contribution in [0.15, 0.2) is 23.1 Å². The number of carbonyl (C=O) groups is 1. The highest BCUT2D eigenvalue weighted by Crippen LogP contribution is 2.18. The standard InChI is InChI=1S/C12H11ClFNO3S/c1-3-10(4-2)15-12(16)8-5-9(14)7-11(6-8)19(13,17)18/h1,5-7,10H,4H2,2H3,(H,15,16). The van der Waals surface area contributed by atoms with Gasteiger partial charge in [0.25, 0.3) is 15.0 Å². The molecule has 1 amide bonds. The van der Waals surface area contributed by atoms with Crippen LogP contribution in [0.2, 0.25) is 0 Å². The molecule has 0 spiro atoms. The maximum atomic E-state index is 13.3. The molecule has 0 radical (unpaired) electrons. The molecule has 1 rings (SSSR count). The molecule has 1 aromatic carbocycles. The van der Waals surface area contributed by atoms with Crippen molar-refractivity contribution in [2.24, 2.45) is 0 Å². The molecule has 0 saturated carbocycles. The monoisotopic (exact) mass is 303 g/mol. The highest BCUT2D eigenvalue weighted by molar-refractivity contribution is 8.13. The lowest BCUT2D eigenvalue weighted by Gasteiger charge is -2.11. The Bertz CT molecular complexity index is 637. The molecule has 1 N–H and O–H groups in total. The topological polar surface area (TPSA) is 63.2 Å². The van der Waals surface area contributed by atoms with E-state index in [1.54, 1.807) is 6.92 Å². The quantitative estimate of drug-likeness (QED) is 0.682. The van der Waals surface area contributed by atoms with E-state index < -0.39 is 31.7 Å². The maximum Gasteiger partial charge on any atom is 0.261 e. The SMILES string of the molecule is C#CC(CC)NC(=O)c1cc(F)cc(S(=O)(=O)Cl)c1. The Morgan fingerprint density at radius 2 is 2.16 bits per heavy atom. The van der Waals surface area contributed by atoms with Crippen molar-refractivity contribution in [3.8, 4) is 12.3 Å². The Morgan fingerprint density at radius 3 is 2.63 bits per heavy atom. The minimum atomic E-state index is -4.11. The fourth-order valence-electron chi connectivity index (χ4n) is 1.34. The molecule has 19 heavy (non-hydrogen) atoms. The molecule has 0 heterocycles. The number of halogens is 2. The van der Waals surface area contributed by atoms with Gasteiger partial charge in [-0.1, -0.05) is 12.8 Å². The van der Waals surface area contributed by atoms with Crippen LogP contribution in [0, 0.1) is 18.2 Å². The number of nitrogens with one attached hydrogen (secondary N) is 1. The zero-order valence-electron chi connectivity index (χ0n) is 9.98. The van der Waals surface area contributed by atoms with Gasteiger partial charge in [-0.3, -0.25) is 4.79 Å². The molecule has 0 fully saturated rings. The highest BCUT2D eigenvalue weighted by atomic mass is 35.7. The number of terminal acetylenes is 1. The van der Waals surface area contributed by atoms with Crippen molar-refractivity contribution in [3.05, 3.63) is 29.6 Å². The Kier molecular flexibility index (Phi) is 4.92. The number of carbonyl (C=O) groups excluding carboxylic acids is 1. The normalized spacial score (nSPS) is 12.5. The lowest BCUT2D eigenvalue weighted by Crippen LogP contribution is -2.33. The Hall–Kier alpha value is -1.58. The molecule has 0 aliphatic rings. The van der Waals surface area contributed by atoms with Gasteiger partial charge < -0.3 is 5.32 Å². The summed E-state index contributed by atoms with van der Waals surface area (Å²) >= 11 is 0. The minimum Gasteiger partial charge on any atom is -0.338 e. The molecule has 0 aliphatic carbocycles. The van der Waals surface area contributed by atoms with Crippen LogP contribution >= 0.6 is 10.7 Å². The zero-order valence-corrected chi connectivity index (χ0v) is 11.6. The lowest BCUT2D eigenvalue weighted by atomic mass is 10.1. The number of benzene rings is 1. The van der Waals surface area contributed by atoms with E-state index in [1.807, 2.05) is 0 Å².